The summed E-state index contributed by atoms with van der Waals surface area (Å²) in [7, 11) is 0. The highest BCUT2D eigenvalue weighted by Crippen LogP contribution is 2.37. The molecule has 1 aliphatic rings. The number of aromatic nitrogens is 1. The van der Waals surface area contributed by atoms with E-state index < -0.39 is 0 Å². The Kier molecular flexibility index (Phi) is 3.29. The fourth-order valence-electron chi connectivity index (χ4n) is 2.69. The highest BCUT2D eigenvalue weighted by molar-refractivity contribution is 5.29. The first kappa shape index (κ1) is 12.6. The summed E-state index contributed by atoms with van der Waals surface area (Å²) in [5.41, 5.74) is 4.65. The molecular formula is C16H25N. The first-order valence-electron chi connectivity index (χ1n) is 6.85. The van der Waals surface area contributed by atoms with Gasteiger partial charge in [-0.25, -0.2) is 0 Å². The number of pyridine rings is 1. The van der Waals surface area contributed by atoms with E-state index in [0.29, 0.717) is 11.3 Å². The molecule has 1 heterocycles. The van der Waals surface area contributed by atoms with Crippen molar-refractivity contribution in [3.8, 4) is 0 Å². The topological polar surface area (TPSA) is 12.9 Å². The Bertz CT molecular complexity index is 398. The van der Waals surface area contributed by atoms with Crippen molar-refractivity contribution in [3.63, 3.8) is 0 Å². The second kappa shape index (κ2) is 4.44. The third kappa shape index (κ3) is 2.70. The van der Waals surface area contributed by atoms with Crippen LogP contribution in [0, 0.1) is 11.3 Å². The smallest absolute Gasteiger partial charge is 0.0435 e. The van der Waals surface area contributed by atoms with Gasteiger partial charge < -0.3 is 0 Å². The van der Waals surface area contributed by atoms with Crippen LogP contribution in [0.2, 0.25) is 0 Å². The molecule has 0 radical (unpaired) electrons. The van der Waals surface area contributed by atoms with E-state index >= 15 is 0 Å². The Labute approximate surface area is 106 Å². The maximum Gasteiger partial charge on any atom is 0.0435 e. The van der Waals surface area contributed by atoms with Crippen LogP contribution in [0.5, 0.6) is 0 Å². The molecule has 17 heavy (non-hydrogen) atoms. The molecule has 0 fully saturated rings. The van der Waals surface area contributed by atoms with E-state index in [9.17, 15) is 0 Å². The van der Waals surface area contributed by atoms with Crippen molar-refractivity contribution in [2.75, 3.05) is 0 Å². The third-order valence-electron chi connectivity index (χ3n) is 4.17. The number of hydrogen-bond acceptors (Lipinski definition) is 1. The molecule has 0 bridgehead atoms. The SMILES string of the molecule is CC(C)c1cnc2c(c1)CC(C(C)(C)C)CC2. The minimum Gasteiger partial charge on any atom is -0.261 e. The van der Waals surface area contributed by atoms with Crippen LogP contribution in [0.4, 0.5) is 0 Å². The molecule has 0 N–H and O–H groups in total. The second-order valence-electron chi connectivity index (χ2n) is 6.83. The third-order valence-corrected chi connectivity index (χ3v) is 4.17. The summed E-state index contributed by atoms with van der Waals surface area (Å²) >= 11 is 0. The van der Waals surface area contributed by atoms with Crippen LogP contribution >= 0.6 is 0 Å². The van der Waals surface area contributed by atoms with E-state index in [0.717, 1.165) is 12.3 Å². The van der Waals surface area contributed by atoms with Gasteiger partial charge in [-0.15, -0.1) is 0 Å². The van der Waals surface area contributed by atoms with E-state index in [1.54, 1.807) is 0 Å². The van der Waals surface area contributed by atoms with Crippen molar-refractivity contribution < 1.29 is 0 Å². The molecule has 0 aliphatic heterocycles. The van der Waals surface area contributed by atoms with Crippen LogP contribution in [0.1, 0.15) is 63.8 Å². The number of aryl methyl sites for hydroxylation is 1. The lowest BCUT2D eigenvalue weighted by Gasteiger charge is -2.34. The summed E-state index contributed by atoms with van der Waals surface area (Å²) in [6, 6.07) is 2.39. The van der Waals surface area contributed by atoms with Crippen molar-refractivity contribution in [3.05, 3.63) is 29.1 Å². The fourth-order valence-corrected chi connectivity index (χ4v) is 2.69. The van der Waals surface area contributed by atoms with Gasteiger partial charge in [-0.1, -0.05) is 40.7 Å². The van der Waals surface area contributed by atoms with E-state index in [1.165, 1.54) is 29.7 Å². The highest BCUT2D eigenvalue weighted by atomic mass is 14.7. The van der Waals surface area contributed by atoms with Crippen molar-refractivity contribution >= 4 is 0 Å². The number of hydrogen-bond donors (Lipinski definition) is 0. The molecule has 2 rings (SSSR count). The summed E-state index contributed by atoms with van der Waals surface area (Å²) in [5, 5.41) is 0. The Morgan fingerprint density at radius 3 is 2.59 bits per heavy atom. The zero-order valence-electron chi connectivity index (χ0n) is 11.9. The molecule has 1 atom stereocenters. The van der Waals surface area contributed by atoms with Gasteiger partial charge in [-0.2, -0.15) is 0 Å². The summed E-state index contributed by atoms with van der Waals surface area (Å²) in [5.74, 6) is 1.39. The van der Waals surface area contributed by atoms with E-state index in [1.807, 2.05) is 0 Å². The van der Waals surface area contributed by atoms with E-state index in [-0.39, 0.29) is 0 Å². The van der Waals surface area contributed by atoms with Crippen molar-refractivity contribution in [2.45, 2.75) is 59.8 Å². The summed E-state index contributed by atoms with van der Waals surface area (Å²) in [6.45, 7) is 11.6. The van der Waals surface area contributed by atoms with Crippen LogP contribution in [-0.4, -0.2) is 4.98 Å². The van der Waals surface area contributed by atoms with E-state index in [2.05, 4.69) is 51.9 Å². The molecule has 0 amide bonds. The average Bonchev–Trinajstić information content (AvgIpc) is 2.26. The average molecular weight is 231 g/mol. The van der Waals surface area contributed by atoms with Crippen LogP contribution in [0.15, 0.2) is 12.3 Å². The predicted molar refractivity (Wildman–Crippen MR) is 73.3 cm³/mol. The van der Waals surface area contributed by atoms with Gasteiger partial charge >= 0.3 is 0 Å². The molecule has 0 saturated heterocycles. The minimum atomic E-state index is 0.422. The lowest BCUT2D eigenvalue weighted by molar-refractivity contribution is 0.215. The Morgan fingerprint density at radius 2 is 2.00 bits per heavy atom. The minimum absolute atomic E-state index is 0.422. The first-order valence-corrected chi connectivity index (χ1v) is 6.85. The highest BCUT2D eigenvalue weighted by Gasteiger charge is 2.29. The molecule has 1 aromatic heterocycles. The molecular weight excluding hydrogens is 206 g/mol. The molecule has 1 unspecified atom stereocenters. The van der Waals surface area contributed by atoms with Gasteiger partial charge in [-0.05, 0) is 47.6 Å². The Hall–Kier alpha value is -0.850. The molecule has 1 aliphatic carbocycles. The molecule has 94 valence electrons. The maximum atomic E-state index is 4.66. The largest absolute Gasteiger partial charge is 0.261 e. The van der Waals surface area contributed by atoms with E-state index in [4.69, 9.17) is 0 Å². The quantitative estimate of drug-likeness (QED) is 0.700. The van der Waals surface area contributed by atoms with Gasteiger partial charge in [0.2, 0.25) is 0 Å². The number of nitrogens with zero attached hydrogens (tertiary/aromatic N) is 1. The second-order valence-corrected chi connectivity index (χ2v) is 6.83. The zero-order valence-corrected chi connectivity index (χ0v) is 11.9. The Balaban J connectivity index is 2.27. The fraction of sp³-hybridized carbons (Fsp3) is 0.688. The Morgan fingerprint density at radius 1 is 1.29 bits per heavy atom. The number of fused-ring (bicyclic) bond motifs is 1. The van der Waals surface area contributed by atoms with Crippen molar-refractivity contribution in [1.82, 2.24) is 4.98 Å². The first-order chi connectivity index (χ1) is 7.88. The van der Waals surface area contributed by atoms with Crippen LogP contribution in [-0.2, 0) is 12.8 Å². The molecule has 0 aromatic carbocycles. The van der Waals surface area contributed by atoms with Gasteiger partial charge in [0.05, 0.1) is 0 Å². The summed E-state index contributed by atoms with van der Waals surface area (Å²) < 4.78 is 0. The lowest BCUT2D eigenvalue weighted by Crippen LogP contribution is -2.27. The van der Waals surface area contributed by atoms with Crippen LogP contribution in [0.25, 0.3) is 0 Å². The van der Waals surface area contributed by atoms with Crippen LogP contribution < -0.4 is 0 Å². The standard InChI is InChI=1S/C16H25N/c1-11(2)13-8-12-9-14(16(3,4)5)6-7-15(12)17-10-13/h8,10-11,14H,6-7,9H2,1-5H3. The van der Waals surface area contributed by atoms with Gasteiger partial charge in [0.1, 0.15) is 0 Å². The molecule has 1 heteroatoms. The molecule has 1 aromatic rings. The molecule has 1 nitrogen and oxygen atoms in total. The van der Waals surface area contributed by atoms with Gasteiger partial charge in [0, 0.05) is 11.9 Å². The normalized spacial score (nSPS) is 20.5. The molecule has 0 spiro atoms. The van der Waals surface area contributed by atoms with Crippen LogP contribution in [0.3, 0.4) is 0 Å². The van der Waals surface area contributed by atoms with Crippen molar-refractivity contribution in [2.24, 2.45) is 11.3 Å². The van der Waals surface area contributed by atoms with Gasteiger partial charge in [0.25, 0.3) is 0 Å². The maximum absolute atomic E-state index is 4.66. The van der Waals surface area contributed by atoms with Gasteiger partial charge in [-0.3, -0.25) is 4.98 Å². The molecule has 0 saturated carbocycles. The predicted octanol–water partition coefficient (Wildman–Crippen LogP) is 4.36. The van der Waals surface area contributed by atoms with Gasteiger partial charge in [0.15, 0.2) is 0 Å². The lowest BCUT2D eigenvalue weighted by atomic mass is 9.71. The summed E-state index contributed by atoms with van der Waals surface area (Å²) in [4.78, 5) is 4.66. The monoisotopic (exact) mass is 231 g/mol. The van der Waals surface area contributed by atoms with Crippen molar-refractivity contribution in [1.29, 1.82) is 0 Å². The number of rotatable bonds is 1. The zero-order chi connectivity index (χ0) is 12.6. The summed E-state index contributed by atoms with van der Waals surface area (Å²) in [6.07, 6.45) is 5.74.